The molecule has 4 heteroatoms. The molecule has 0 aromatic heterocycles. The topological polar surface area (TPSA) is 45.0 Å². The second-order valence-corrected chi connectivity index (χ2v) is 6.20. The van der Waals surface area contributed by atoms with Crippen molar-refractivity contribution in [2.24, 2.45) is 10.2 Å². The summed E-state index contributed by atoms with van der Waals surface area (Å²) in [5, 5.41) is 8.93. The molecule has 1 heterocycles. The van der Waals surface area contributed by atoms with Gasteiger partial charge in [0.2, 0.25) is 0 Å². The molecule has 0 bridgehead atoms. The number of fused-ring (bicyclic) bond motifs is 1. The highest BCUT2D eigenvalue weighted by atomic mass is 16.2. The fourth-order valence-electron chi connectivity index (χ4n) is 3.25. The molecule has 0 atom stereocenters. The maximum atomic E-state index is 12.8. The van der Waals surface area contributed by atoms with Crippen molar-refractivity contribution in [3.8, 4) is 0 Å². The summed E-state index contributed by atoms with van der Waals surface area (Å²) < 4.78 is 0. The molecule has 1 aliphatic heterocycles. The quantitative estimate of drug-likeness (QED) is 0.510. The molecule has 3 aromatic carbocycles. The average Bonchev–Trinajstić information content (AvgIpc) is 3.00. The summed E-state index contributed by atoms with van der Waals surface area (Å²) in [4.78, 5) is 14.5. The molecule has 1 amide bonds. The van der Waals surface area contributed by atoms with E-state index in [0.29, 0.717) is 12.3 Å². The van der Waals surface area contributed by atoms with E-state index in [1.807, 2.05) is 91.9 Å². The van der Waals surface area contributed by atoms with Crippen molar-refractivity contribution in [1.29, 1.82) is 0 Å². The molecule has 0 fully saturated rings. The van der Waals surface area contributed by atoms with Crippen LogP contribution in [0.5, 0.6) is 0 Å². The van der Waals surface area contributed by atoms with Gasteiger partial charge in [0.25, 0.3) is 5.91 Å². The van der Waals surface area contributed by atoms with E-state index in [1.54, 1.807) is 4.90 Å². The SMILES string of the molecule is CCN1C(=O)C(=NN=C(c2ccccc2)c2ccccc2)c2ccccc21. The van der Waals surface area contributed by atoms with E-state index >= 15 is 0 Å². The van der Waals surface area contributed by atoms with E-state index in [2.05, 4.69) is 10.2 Å². The molecule has 0 aliphatic carbocycles. The number of para-hydroxylation sites is 1. The number of rotatable bonds is 4. The summed E-state index contributed by atoms with van der Waals surface area (Å²) in [6.45, 7) is 2.56. The Kier molecular flexibility index (Phi) is 4.62. The van der Waals surface area contributed by atoms with Gasteiger partial charge in [-0.25, -0.2) is 0 Å². The molecule has 4 rings (SSSR count). The van der Waals surface area contributed by atoms with Crippen molar-refractivity contribution in [3.05, 3.63) is 102 Å². The van der Waals surface area contributed by atoms with Gasteiger partial charge >= 0.3 is 0 Å². The zero-order valence-electron chi connectivity index (χ0n) is 15.0. The van der Waals surface area contributed by atoms with Crippen LogP contribution in [0.4, 0.5) is 5.69 Å². The first-order valence-corrected chi connectivity index (χ1v) is 8.97. The first-order valence-electron chi connectivity index (χ1n) is 8.97. The predicted molar refractivity (Wildman–Crippen MR) is 110 cm³/mol. The van der Waals surface area contributed by atoms with E-state index < -0.39 is 0 Å². The second-order valence-electron chi connectivity index (χ2n) is 6.20. The number of hydrogen-bond acceptors (Lipinski definition) is 3. The minimum Gasteiger partial charge on any atom is -0.307 e. The van der Waals surface area contributed by atoms with Gasteiger partial charge in [-0.2, -0.15) is 0 Å². The molecule has 1 aliphatic rings. The van der Waals surface area contributed by atoms with Gasteiger partial charge in [-0.05, 0) is 13.0 Å². The number of nitrogens with zero attached hydrogens (tertiary/aromatic N) is 3. The van der Waals surface area contributed by atoms with Gasteiger partial charge in [-0.15, -0.1) is 10.2 Å². The fraction of sp³-hybridized carbons (Fsp3) is 0.0870. The fourth-order valence-corrected chi connectivity index (χ4v) is 3.25. The first kappa shape index (κ1) is 16.9. The van der Waals surface area contributed by atoms with Gasteiger partial charge in [-0.3, -0.25) is 4.79 Å². The molecule has 0 radical (unpaired) electrons. The van der Waals surface area contributed by atoms with Crippen LogP contribution in [0.1, 0.15) is 23.6 Å². The highest BCUT2D eigenvalue weighted by Crippen LogP contribution is 2.29. The molecule has 0 N–H and O–H groups in total. The van der Waals surface area contributed by atoms with Gasteiger partial charge in [0, 0.05) is 23.2 Å². The Morgan fingerprint density at radius 2 is 1.37 bits per heavy atom. The van der Waals surface area contributed by atoms with Crippen molar-refractivity contribution in [2.45, 2.75) is 6.92 Å². The number of anilines is 1. The summed E-state index contributed by atoms with van der Waals surface area (Å²) in [5.74, 6) is -0.108. The maximum absolute atomic E-state index is 12.8. The van der Waals surface area contributed by atoms with E-state index in [-0.39, 0.29) is 5.91 Å². The van der Waals surface area contributed by atoms with Gasteiger partial charge in [0.1, 0.15) is 5.71 Å². The Balaban J connectivity index is 1.84. The number of benzene rings is 3. The number of likely N-dealkylation sites (N-methyl/N-ethyl adjacent to an activating group) is 1. The van der Waals surface area contributed by atoms with Crippen molar-refractivity contribution in [2.75, 3.05) is 11.4 Å². The Morgan fingerprint density at radius 1 is 0.815 bits per heavy atom. The predicted octanol–water partition coefficient (Wildman–Crippen LogP) is 4.29. The lowest BCUT2D eigenvalue weighted by Crippen LogP contribution is -2.29. The average molecular weight is 353 g/mol. The molecule has 0 spiro atoms. The molecule has 0 saturated heterocycles. The third-order valence-electron chi connectivity index (χ3n) is 4.56. The van der Waals surface area contributed by atoms with Gasteiger partial charge in [-0.1, -0.05) is 78.9 Å². The van der Waals surface area contributed by atoms with Crippen molar-refractivity contribution >= 4 is 23.0 Å². The van der Waals surface area contributed by atoms with Gasteiger partial charge in [0.15, 0.2) is 5.71 Å². The zero-order valence-corrected chi connectivity index (χ0v) is 15.0. The lowest BCUT2D eigenvalue weighted by Gasteiger charge is -2.12. The second kappa shape index (κ2) is 7.38. The largest absolute Gasteiger partial charge is 0.307 e. The minimum atomic E-state index is -0.108. The highest BCUT2D eigenvalue weighted by Gasteiger charge is 2.32. The van der Waals surface area contributed by atoms with Crippen LogP contribution in [-0.2, 0) is 4.79 Å². The molecule has 132 valence electrons. The Hall–Kier alpha value is -3.53. The van der Waals surface area contributed by atoms with Crippen LogP contribution in [0, 0.1) is 0 Å². The highest BCUT2D eigenvalue weighted by molar-refractivity contribution is 6.54. The van der Waals surface area contributed by atoms with E-state index in [9.17, 15) is 4.79 Å². The van der Waals surface area contributed by atoms with E-state index in [1.165, 1.54) is 0 Å². The third kappa shape index (κ3) is 3.17. The van der Waals surface area contributed by atoms with E-state index in [0.717, 1.165) is 28.1 Å². The first-order chi connectivity index (χ1) is 13.3. The summed E-state index contributed by atoms with van der Waals surface area (Å²) >= 11 is 0. The summed E-state index contributed by atoms with van der Waals surface area (Å²) in [7, 11) is 0. The van der Waals surface area contributed by atoms with Gasteiger partial charge < -0.3 is 4.90 Å². The van der Waals surface area contributed by atoms with Crippen LogP contribution in [0.15, 0.2) is 95.1 Å². The molecule has 0 saturated carbocycles. The standard InChI is InChI=1S/C23H19N3O/c1-2-26-20-16-10-9-15-19(20)22(23(26)27)25-24-21(17-11-5-3-6-12-17)18-13-7-4-8-14-18/h3-16H,2H2,1H3. The molecule has 0 unspecified atom stereocenters. The molecular formula is C23H19N3O. The smallest absolute Gasteiger partial charge is 0.279 e. The van der Waals surface area contributed by atoms with Gasteiger partial charge in [0.05, 0.1) is 5.69 Å². The molecule has 3 aromatic rings. The Morgan fingerprint density at radius 3 is 1.96 bits per heavy atom. The van der Waals surface area contributed by atoms with E-state index in [4.69, 9.17) is 0 Å². The van der Waals surface area contributed by atoms with Crippen LogP contribution in [0.25, 0.3) is 0 Å². The van der Waals surface area contributed by atoms with Crippen LogP contribution >= 0.6 is 0 Å². The van der Waals surface area contributed by atoms with Crippen LogP contribution < -0.4 is 4.90 Å². The summed E-state index contributed by atoms with van der Waals surface area (Å²) in [6.07, 6.45) is 0. The Bertz CT molecular complexity index is 982. The van der Waals surface area contributed by atoms with Crippen LogP contribution in [0.3, 0.4) is 0 Å². The lowest BCUT2D eigenvalue weighted by molar-refractivity contribution is -0.112. The summed E-state index contributed by atoms with van der Waals surface area (Å²) in [6, 6.07) is 27.5. The van der Waals surface area contributed by atoms with Crippen LogP contribution in [-0.4, -0.2) is 23.9 Å². The number of carbonyl (C=O) groups is 1. The Labute approximate surface area is 158 Å². The van der Waals surface area contributed by atoms with Crippen molar-refractivity contribution in [3.63, 3.8) is 0 Å². The monoisotopic (exact) mass is 353 g/mol. The third-order valence-corrected chi connectivity index (χ3v) is 4.56. The van der Waals surface area contributed by atoms with Crippen molar-refractivity contribution in [1.82, 2.24) is 0 Å². The molecule has 4 nitrogen and oxygen atoms in total. The minimum absolute atomic E-state index is 0.108. The number of carbonyl (C=O) groups excluding carboxylic acids is 1. The summed E-state index contributed by atoms with van der Waals surface area (Å²) in [5.41, 5.74) is 4.76. The molecule has 27 heavy (non-hydrogen) atoms. The number of hydrogen-bond donors (Lipinski definition) is 0. The normalized spacial score (nSPS) is 14.3. The zero-order chi connectivity index (χ0) is 18.6. The van der Waals surface area contributed by atoms with Crippen molar-refractivity contribution < 1.29 is 4.79 Å². The van der Waals surface area contributed by atoms with Crippen LogP contribution in [0.2, 0.25) is 0 Å². The maximum Gasteiger partial charge on any atom is 0.279 e. The molecular weight excluding hydrogens is 334 g/mol. The lowest BCUT2D eigenvalue weighted by atomic mass is 10.0. The number of amides is 1.